The number of carbonyl (C=O) groups is 1. The Kier molecular flexibility index (Phi) is 4.12. The van der Waals surface area contributed by atoms with E-state index in [2.05, 4.69) is 11.9 Å². The Bertz CT molecular complexity index is 394. The molecular formula is C15H22N2O. The third-order valence-electron chi connectivity index (χ3n) is 4.30. The van der Waals surface area contributed by atoms with E-state index in [1.165, 1.54) is 0 Å². The van der Waals surface area contributed by atoms with Gasteiger partial charge in [0.1, 0.15) is 5.78 Å². The topological polar surface area (TPSA) is 56.0 Å². The Labute approximate surface area is 109 Å². The number of carbonyl (C=O) groups excluding carboxylic acids is 1. The number of hydrogen-bond acceptors (Lipinski definition) is 3. The van der Waals surface area contributed by atoms with Crippen LogP contribution in [0.15, 0.2) is 24.5 Å². The number of ketones is 1. The van der Waals surface area contributed by atoms with Crippen molar-refractivity contribution in [3.8, 4) is 0 Å². The largest absolute Gasteiger partial charge is 0.329 e. The van der Waals surface area contributed by atoms with Crippen LogP contribution in [0, 0.1) is 11.3 Å². The van der Waals surface area contributed by atoms with Gasteiger partial charge in [-0.25, -0.2) is 0 Å². The third kappa shape index (κ3) is 2.78. The van der Waals surface area contributed by atoms with Crippen molar-refractivity contribution in [2.24, 2.45) is 17.1 Å². The number of nitrogens with two attached hydrogens (primary N) is 1. The predicted molar refractivity (Wildman–Crippen MR) is 72.1 cm³/mol. The van der Waals surface area contributed by atoms with Crippen LogP contribution in [0.2, 0.25) is 0 Å². The van der Waals surface area contributed by atoms with Crippen LogP contribution < -0.4 is 5.73 Å². The quantitative estimate of drug-likeness (QED) is 0.887. The van der Waals surface area contributed by atoms with Crippen molar-refractivity contribution in [1.82, 2.24) is 4.98 Å². The van der Waals surface area contributed by atoms with E-state index in [1.54, 1.807) is 12.4 Å². The highest BCUT2D eigenvalue weighted by Gasteiger charge is 2.39. The minimum atomic E-state index is -0.275. The molecule has 2 N–H and O–H groups in total. The van der Waals surface area contributed by atoms with E-state index in [0.29, 0.717) is 18.7 Å². The van der Waals surface area contributed by atoms with Gasteiger partial charge >= 0.3 is 0 Å². The van der Waals surface area contributed by atoms with Gasteiger partial charge in [-0.15, -0.1) is 0 Å². The zero-order valence-electron chi connectivity index (χ0n) is 11.1. The molecule has 0 atom stereocenters. The van der Waals surface area contributed by atoms with Crippen LogP contribution in [0.25, 0.3) is 0 Å². The Morgan fingerprint density at radius 2 is 2.22 bits per heavy atom. The SMILES string of the molecule is CC1CCC(CN)(C(=O)Cc2cccnc2)CC1. The van der Waals surface area contributed by atoms with Crippen LogP contribution in [0.4, 0.5) is 0 Å². The first kappa shape index (κ1) is 13.2. The fraction of sp³-hybridized carbons (Fsp3) is 0.600. The molecule has 1 saturated carbocycles. The summed E-state index contributed by atoms with van der Waals surface area (Å²) in [4.78, 5) is 16.6. The van der Waals surface area contributed by atoms with Gasteiger partial charge in [-0.3, -0.25) is 9.78 Å². The molecule has 0 unspecified atom stereocenters. The van der Waals surface area contributed by atoms with Gasteiger partial charge in [0, 0.05) is 30.8 Å². The summed E-state index contributed by atoms with van der Waals surface area (Å²) < 4.78 is 0. The lowest BCUT2D eigenvalue weighted by atomic mass is 9.67. The van der Waals surface area contributed by atoms with Crippen LogP contribution in [0.1, 0.15) is 38.2 Å². The lowest BCUT2D eigenvalue weighted by Gasteiger charge is -2.37. The normalized spacial score (nSPS) is 28.0. The Hall–Kier alpha value is -1.22. The number of rotatable bonds is 4. The molecule has 1 aliphatic carbocycles. The molecular weight excluding hydrogens is 224 g/mol. The van der Waals surface area contributed by atoms with Crippen molar-refractivity contribution in [3.05, 3.63) is 30.1 Å². The summed E-state index contributed by atoms with van der Waals surface area (Å²) in [6.07, 6.45) is 8.11. The second kappa shape index (κ2) is 5.61. The van der Waals surface area contributed by atoms with Crippen LogP contribution in [-0.4, -0.2) is 17.3 Å². The van der Waals surface area contributed by atoms with Crippen molar-refractivity contribution in [2.45, 2.75) is 39.0 Å². The summed E-state index contributed by atoms with van der Waals surface area (Å²) in [5.41, 5.74) is 6.62. The first-order valence-electron chi connectivity index (χ1n) is 6.78. The fourth-order valence-electron chi connectivity index (χ4n) is 2.79. The van der Waals surface area contributed by atoms with E-state index in [-0.39, 0.29) is 5.41 Å². The van der Waals surface area contributed by atoms with Gasteiger partial charge in [0.2, 0.25) is 0 Å². The number of nitrogens with zero attached hydrogens (tertiary/aromatic N) is 1. The maximum Gasteiger partial charge on any atom is 0.144 e. The van der Waals surface area contributed by atoms with Crippen LogP contribution in [-0.2, 0) is 11.2 Å². The molecule has 1 aromatic rings. The molecule has 98 valence electrons. The number of pyridine rings is 1. The van der Waals surface area contributed by atoms with Crippen molar-refractivity contribution >= 4 is 5.78 Å². The van der Waals surface area contributed by atoms with Crippen molar-refractivity contribution in [2.75, 3.05) is 6.54 Å². The third-order valence-corrected chi connectivity index (χ3v) is 4.30. The van der Waals surface area contributed by atoms with Gasteiger partial charge in [-0.2, -0.15) is 0 Å². The molecule has 0 amide bonds. The average Bonchev–Trinajstić information content (AvgIpc) is 2.41. The Morgan fingerprint density at radius 3 is 2.78 bits per heavy atom. The average molecular weight is 246 g/mol. The maximum absolute atomic E-state index is 12.5. The molecule has 18 heavy (non-hydrogen) atoms. The molecule has 3 nitrogen and oxygen atoms in total. The smallest absolute Gasteiger partial charge is 0.144 e. The van der Waals surface area contributed by atoms with E-state index in [1.807, 2.05) is 12.1 Å². The zero-order valence-corrected chi connectivity index (χ0v) is 11.1. The molecule has 3 heteroatoms. The standard InChI is InChI=1S/C15H22N2O/c1-12-4-6-15(11-16,7-5-12)14(18)9-13-3-2-8-17-10-13/h2-3,8,10,12H,4-7,9,11,16H2,1H3. The van der Waals surface area contributed by atoms with Gasteiger partial charge < -0.3 is 5.73 Å². The van der Waals surface area contributed by atoms with E-state index >= 15 is 0 Å². The van der Waals surface area contributed by atoms with Gasteiger partial charge in [0.15, 0.2) is 0 Å². The second-order valence-corrected chi connectivity index (χ2v) is 5.63. The summed E-state index contributed by atoms with van der Waals surface area (Å²) in [6.45, 7) is 2.74. The fourth-order valence-corrected chi connectivity index (χ4v) is 2.79. The molecule has 1 fully saturated rings. The number of aromatic nitrogens is 1. The second-order valence-electron chi connectivity index (χ2n) is 5.63. The number of hydrogen-bond donors (Lipinski definition) is 1. The highest BCUT2D eigenvalue weighted by atomic mass is 16.1. The lowest BCUT2D eigenvalue weighted by Crippen LogP contribution is -2.42. The van der Waals surface area contributed by atoms with Crippen LogP contribution in [0.3, 0.4) is 0 Å². The Morgan fingerprint density at radius 1 is 1.50 bits per heavy atom. The van der Waals surface area contributed by atoms with E-state index in [9.17, 15) is 4.79 Å². The monoisotopic (exact) mass is 246 g/mol. The van der Waals surface area contributed by atoms with Gasteiger partial charge in [-0.05, 0) is 43.2 Å². The van der Waals surface area contributed by atoms with Crippen molar-refractivity contribution in [3.63, 3.8) is 0 Å². The van der Waals surface area contributed by atoms with Crippen molar-refractivity contribution < 1.29 is 4.79 Å². The van der Waals surface area contributed by atoms with Crippen LogP contribution in [0.5, 0.6) is 0 Å². The van der Waals surface area contributed by atoms with E-state index in [0.717, 1.165) is 37.2 Å². The number of Topliss-reactive ketones (excluding diaryl/α,β-unsaturated/α-hetero) is 1. The van der Waals surface area contributed by atoms with Crippen molar-refractivity contribution in [1.29, 1.82) is 0 Å². The summed E-state index contributed by atoms with van der Waals surface area (Å²) in [5.74, 6) is 1.03. The molecule has 0 bridgehead atoms. The molecule has 1 heterocycles. The molecule has 0 spiro atoms. The zero-order chi connectivity index (χ0) is 13.0. The van der Waals surface area contributed by atoms with E-state index in [4.69, 9.17) is 5.73 Å². The first-order valence-corrected chi connectivity index (χ1v) is 6.78. The highest BCUT2D eigenvalue weighted by molar-refractivity contribution is 5.87. The van der Waals surface area contributed by atoms with E-state index < -0.39 is 0 Å². The molecule has 1 aliphatic rings. The minimum Gasteiger partial charge on any atom is -0.329 e. The summed E-state index contributed by atoms with van der Waals surface area (Å²) in [5, 5.41) is 0. The maximum atomic E-state index is 12.5. The molecule has 2 rings (SSSR count). The lowest BCUT2D eigenvalue weighted by molar-refractivity contribution is -0.129. The Balaban J connectivity index is 2.06. The predicted octanol–water partition coefficient (Wildman–Crippen LogP) is 2.35. The highest BCUT2D eigenvalue weighted by Crippen LogP contribution is 2.39. The van der Waals surface area contributed by atoms with Gasteiger partial charge in [0.25, 0.3) is 0 Å². The van der Waals surface area contributed by atoms with Gasteiger partial charge in [-0.1, -0.05) is 13.0 Å². The minimum absolute atomic E-state index is 0.275. The summed E-state index contributed by atoms with van der Waals surface area (Å²) >= 11 is 0. The molecule has 0 saturated heterocycles. The summed E-state index contributed by atoms with van der Waals surface area (Å²) in [6, 6.07) is 3.83. The molecule has 0 aliphatic heterocycles. The molecule has 0 aromatic carbocycles. The van der Waals surface area contributed by atoms with Crippen LogP contribution >= 0.6 is 0 Å². The van der Waals surface area contributed by atoms with Gasteiger partial charge in [0.05, 0.1) is 0 Å². The molecule has 0 radical (unpaired) electrons. The molecule has 1 aromatic heterocycles. The summed E-state index contributed by atoms with van der Waals surface area (Å²) in [7, 11) is 0. The first-order chi connectivity index (χ1) is 8.66.